The maximum absolute atomic E-state index is 11.5. The third-order valence-corrected chi connectivity index (χ3v) is 11.3. The van der Waals surface area contributed by atoms with Crippen LogP contribution in [0.2, 0.25) is 0 Å². The zero-order valence-electron chi connectivity index (χ0n) is 39.6. The van der Waals surface area contributed by atoms with Crippen molar-refractivity contribution in [2.45, 2.75) is 25.9 Å². The number of carbonyl (C=O) groups is 1. The third kappa shape index (κ3) is 12.3. The number of carboxylic acid groups (broad SMARTS) is 1. The number of fused-ring (bicyclic) bond motifs is 2. The summed E-state index contributed by atoms with van der Waals surface area (Å²) in [5, 5.41) is 22.3. The Morgan fingerprint density at radius 3 is 1.73 bits per heavy atom. The van der Waals surface area contributed by atoms with Crippen LogP contribution in [-0.4, -0.2) is 75.5 Å². The second-order valence-corrected chi connectivity index (χ2v) is 16.6. The smallest absolute Gasteiger partial charge is 0.489 e. The second-order valence-electron chi connectivity index (χ2n) is 16.6. The first-order valence-electron chi connectivity index (χ1n) is 22.7. The number of anilines is 2. The molecule has 0 amide bonds. The number of nitrogens with zero attached hydrogens (tertiary/aromatic N) is 11. The minimum atomic E-state index is -5.08. The van der Waals surface area contributed by atoms with Gasteiger partial charge in [0, 0.05) is 99.6 Å². The molecule has 0 aliphatic heterocycles. The molecule has 0 saturated carbocycles. The van der Waals surface area contributed by atoms with Crippen molar-refractivity contribution in [2.24, 2.45) is 14.1 Å². The maximum atomic E-state index is 11.5. The van der Waals surface area contributed by atoms with E-state index in [-0.39, 0.29) is 5.43 Å². The van der Waals surface area contributed by atoms with Gasteiger partial charge < -0.3 is 25.5 Å². The van der Waals surface area contributed by atoms with Gasteiger partial charge in [0.2, 0.25) is 0 Å². The fraction of sp³-hybridized carbons (Fsp3) is 0.113. The SMILES string of the molecule is Cn1cc(-c2ccc(CNc3cc(-c4c[nH]c5cc(=O)ccn45)ncn3)cc2)cn1.Cn1cc(-c2ccc(CNc3cc(-c4cnc5cc(OCc6ccccc6)ccn45)ncn3)cc2)cn1.O=C(O)C(F)(F)F. The molecular weight excluding hydrogens is 954 g/mol. The number of alkyl halides is 3. The molecule has 0 fully saturated rings. The van der Waals surface area contributed by atoms with Crippen molar-refractivity contribution in [3.8, 4) is 50.8 Å². The van der Waals surface area contributed by atoms with E-state index in [2.05, 4.69) is 99.3 Å². The topological polar surface area (TPSA) is 212 Å². The van der Waals surface area contributed by atoms with Crippen molar-refractivity contribution in [1.82, 2.24) is 58.3 Å². The normalized spacial score (nSPS) is 11.1. The van der Waals surface area contributed by atoms with Gasteiger partial charge in [-0.05, 0) is 33.9 Å². The van der Waals surface area contributed by atoms with Crippen LogP contribution < -0.4 is 20.8 Å². The maximum Gasteiger partial charge on any atom is 0.490 e. The van der Waals surface area contributed by atoms with E-state index in [1.165, 1.54) is 12.4 Å². The van der Waals surface area contributed by atoms with Gasteiger partial charge in [0.25, 0.3) is 0 Å². The summed E-state index contributed by atoms with van der Waals surface area (Å²) >= 11 is 0. The van der Waals surface area contributed by atoms with E-state index in [0.29, 0.717) is 19.7 Å². The lowest BCUT2D eigenvalue weighted by Gasteiger charge is -2.09. The predicted octanol–water partition coefficient (Wildman–Crippen LogP) is 9.11. The number of rotatable bonds is 13. The standard InChI is InChI=1S/C29H25N7O.C22H19N7O.C2HF3O2/c1-35-18-24(16-34-35)23-9-7-21(8-10-23)15-30-28-14-26(32-20-33-28)27-17-31-29-13-25(11-12-36(27)29)37-19-22-5-3-2-4-6-22;1-28-13-17(11-27-28)16-4-2-15(3-5-16)10-23-21-9-19(25-14-26-21)20-12-24-22-8-18(30)6-7-29(20)22;3-2(4,5)1(6)7/h2-14,16-18,20H,15,19H2,1H3,(H,30,32,33);2-9,11-14,24H,10H2,1H3,(H,23,25,26);(H,6,7). The van der Waals surface area contributed by atoms with Gasteiger partial charge in [0.1, 0.15) is 47.9 Å². The summed E-state index contributed by atoms with van der Waals surface area (Å²) in [5.74, 6) is -0.508. The number of carboxylic acids is 1. The number of hydrogen-bond acceptors (Lipinski definition) is 12. The van der Waals surface area contributed by atoms with Crippen LogP contribution in [0.25, 0.3) is 56.3 Å². The summed E-state index contributed by atoms with van der Waals surface area (Å²) < 4.78 is 45.2. The molecule has 8 heterocycles. The molecule has 0 spiro atoms. The number of halogens is 3. The molecule has 0 bridgehead atoms. The quantitative estimate of drug-likeness (QED) is 0.0850. The first-order valence-corrected chi connectivity index (χ1v) is 22.7. The van der Waals surface area contributed by atoms with Gasteiger partial charge in [-0.2, -0.15) is 23.4 Å². The molecule has 21 heteroatoms. The van der Waals surface area contributed by atoms with Gasteiger partial charge in [-0.1, -0.05) is 78.9 Å². The summed E-state index contributed by atoms with van der Waals surface area (Å²) in [4.78, 5) is 45.7. The van der Waals surface area contributed by atoms with Gasteiger partial charge in [0.05, 0.1) is 41.4 Å². The molecule has 3 aromatic carbocycles. The minimum Gasteiger partial charge on any atom is -0.489 e. The highest BCUT2D eigenvalue weighted by Crippen LogP contribution is 2.26. The van der Waals surface area contributed by atoms with Crippen molar-refractivity contribution in [1.29, 1.82) is 0 Å². The molecule has 11 rings (SSSR count). The van der Waals surface area contributed by atoms with Gasteiger partial charge in [-0.3, -0.25) is 23.0 Å². The van der Waals surface area contributed by atoms with Crippen molar-refractivity contribution in [3.63, 3.8) is 0 Å². The molecule has 0 radical (unpaired) electrons. The number of ether oxygens (including phenoxy) is 1. The minimum absolute atomic E-state index is 0.0389. The first kappa shape index (κ1) is 49.1. The molecule has 8 aromatic heterocycles. The molecule has 0 unspecified atom stereocenters. The number of aromatic nitrogens is 12. The largest absolute Gasteiger partial charge is 0.490 e. The number of aliphatic carboxylic acids is 1. The predicted molar refractivity (Wildman–Crippen MR) is 272 cm³/mol. The highest BCUT2D eigenvalue weighted by atomic mass is 19.4. The van der Waals surface area contributed by atoms with E-state index in [1.807, 2.05) is 121 Å². The summed E-state index contributed by atoms with van der Waals surface area (Å²) in [7, 11) is 3.83. The molecule has 0 atom stereocenters. The van der Waals surface area contributed by atoms with E-state index < -0.39 is 12.1 Å². The molecule has 0 aliphatic rings. The Morgan fingerprint density at radius 1 is 0.635 bits per heavy atom. The summed E-state index contributed by atoms with van der Waals surface area (Å²) in [5.41, 5.74) is 12.7. The fourth-order valence-electron chi connectivity index (χ4n) is 7.54. The van der Waals surface area contributed by atoms with E-state index in [0.717, 1.165) is 90.4 Å². The van der Waals surface area contributed by atoms with Crippen LogP contribution in [0.3, 0.4) is 0 Å². The fourth-order valence-corrected chi connectivity index (χ4v) is 7.54. The average molecular weight is 999 g/mol. The van der Waals surface area contributed by atoms with Crippen LogP contribution in [0.15, 0.2) is 182 Å². The van der Waals surface area contributed by atoms with Crippen molar-refractivity contribution in [3.05, 3.63) is 204 Å². The van der Waals surface area contributed by atoms with Crippen molar-refractivity contribution >= 4 is 28.9 Å². The number of pyridine rings is 2. The van der Waals surface area contributed by atoms with Crippen LogP contribution in [0, 0.1) is 0 Å². The number of nitrogens with one attached hydrogen (secondary N) is 3. The summed E-state index contributed by atoms with van der Waals surface area (Å²) in [6.45, 7) is 1.81. The molecular formula is C53H45F3N14O4. The Hall–Kier alpha value is -9.92. The number of aromatic amines is 1. The Labute approximate surface area is 419 Å². The first-order chi connectivity index (χ1) is 35.8. The number of benzene rings is 3. The highest BCUT2D eigenvalue weighted by Gasteiger charge is 2.38. The molecule has 372 valence electrons. The lowest BCUT2D eigenvalue weighted by Crippen LogP contribution is -2.21. The molecule has 0 saturated heterocycles. The lowest BCUT2D eigenvalue weighted by atomic mass is 10.1. The van der Waals surface area contributed by atoms with E-state index in [1.54, 1.807) is 28.0 Å². The van der Waals surface area contributed by atoms with Gasteiger partial charge in [-0.25, -0.2) is 29.7 Å². The zero-order chi connectivity index (χ0) is 51.6. The van der Waals surface area contributed by atoms with E-state index in [9.17, 15) is 18.0 Å². The van der Waals surface area contributed by atoms with Crippen LogP contribution in [0.4, 0.5) is 24.8 Å². The Kier molecular flexibility index (Phi) is 14.6. The monoisotopic (exact) mass is 998 g/mol. The zero-order valence-corrected chi connectivity index (χ0v) is 39.6. The van der Waals surface area contributed by atoms with Crippen LogP contribution in [-0.2, 0) is 38.6 Å². The number of aryl methyl sites for hydroxylation is 2. The molecule has 18 nitrogen and oxygen atoms in total. The Morgan fingerprint density at radius 2 is 1.19 bits per heavy atom. The third-order valence-electron chi connectivity index (χ3n) is 11.3. The van der Waals surface area contributed by atoms with Crippen LogP contribution in [0.1, 0.15) is 16.7 Å². The summed E-state index contributed by atoms with van der Waals surface area (Å²) in [6.07, 6.45) is 13.1. The van der Waals surface area contributed by atoms with Crippen LogP contribution in [0.5, 0.6) is 5.75 Å². The van der Waals surface area contributed by atoms with Gasteiger partial charge >= 0.3 is 12.1 Å². The van der Waals surface area contributed by atoms with Crippen molar-refractivity contribution in [2.75, 3.05) is 10.6 Å². The Balaban J connectivity index is 0.000000164. The van der Waals surface area contributed by atoms with Gasteiger partial charge in [-0.15, -0.1) is 0 Å². The molecule has 74 heavy (non-hydrogen) atoms. The average Bonchev–Trinajstić information content (AvgIpc) is 4.25. The van der Waals surface area contributed by atoms with E-state index >= 15 is 0 Å². The summed E-state index contributed by atoms with van der Waals surface area (Å²) in [6, 6.07) is 37.7. The Bertz CT molecular complexity index is 3720. The highest BCUT2D eigenvalue weighted by molar-refractivity contribution is 5.73. The molecule has 4 N–H and O–H groups in total. The van der Waals surface area contributed by atoms with Gasteiger partial charge in [0.15, 0.2) is 5.43 Å². The number of imidazole rings is 2. The molecule has 11 aromatic rings. The second kappa shape index (κ2) is 22.0. The van der Waals surface area contributed by atoms with Crippen molar-refractivity contribution < 1.29 is 27.8 Å². The van der Waals surface area contributed by atoms with E-state index in [4.69, 9.17) is 14.6 Å². The number of hydrogen-bond donors (Lipinski definition) is 4. The molecule has 0 aliphatic carbocycles. The number of H-pyrrole nitrogens is 1. The lowest BCUT2D eigenvalue weighted by molar-refractivity contribution is -0.192. The van der Waals surface area contributed by atoms with Crippen LogP contribution >= 0.6 is 0 Å².